The Labute approximate surface area is 419 Å². The first-order valence-corrected chi connectivity index (χ1v) is 24.5. The van der Waals surface area contributed by atoms with E-state index in [4.69, 9.17) is 9.97 Å². The van der Waals surface area contributed by atoms with Crippen molar-refractivity contribution >= 4 is 66.4 Å². The molecule has 0 unspecified atom stereocenters. The Balaban J connectivity index is 0.883. The molecule has 338 valence electrons. The van der Waals surface area contributed by atoms with E-state index >= 15 is 0 Å². The first-order valence-electron chi connectivity index (χ1n) is 24.5. The predicted octanol–water partition coefficient (Wildman–Crippen LogP) is 18.6. The van der Waals surface area contributed by atoms with Gasteiger partial charge < -0.3 is 9.80 Å². The fourth-order valence-corrected chi connectivity index (χ4v) is 10.5. The second-order valence-electron chi connectivity index (χ2n) is 18.1. The van der Waals surface area contributed by atoms with E-state index in [2.05, 4.69) is 277 Å². The van der Waals surface area contributed by atoms with E-state index in [1.165, 1.54) is 43.4 Å². The molecule has 0 spiro atoms. The Kier molecular flexibility index (Phi) is 10.8. The first-order chi connectivity index (χ1) is 35.7. The van der Waals surface area contributed by atoms with Crippen molar-refractivity contribution in [3.05, 3.63) is 279 Å². The minimum Gasteiger partial charge on any atom is -0.308 e. The van der Waals surface area contributed by atoms with Crippen LogP contribution in [0.1, 0.15) is 0 Å². The van der Waals surface area contributed by atoms with Crippen LogP contribution >= 0.6 is 0 Å². The molecule has 0 radical (unpaired) electrons. The smallest absolute Gasteiger partial charge is 0.0709 e. The third-order valence-corrected chi connectivity index (χ3v) is 13.9. The van der Waals surface area contributed by atoms with Crippen LogP contribution in [0.15, 0.2) is 279 Å². The van der Waals surface area contributed by atoms with Crippen molar-refractivity contribution in [3.63, 3.8) is 0 Å². The van der Waals surface area contributed by atoms with E-state index in [9.17, 15) is 0 Å². The van der Waals surface area contributed by atoms with Gasteiger partial charge >= 0.3 is 0 Å². The molecule has 72 heavy (non-hydrogen) atoms. The maximum Gasteiger partial charge on any atom is 0.0709 e. The molecule has 0 N–H and O–H groups in total. The monoisotopic (exact) mass is 918 g/mol. The standard InChI is InChI=1S/C68H46N4/c1-6-18-47(19-7-1)52-34-43-66(62(44-52)49-22-10-3-11-23-49)72(54-26-14-5-15-27-54)56-36-42-64(70-46-56)59-38-31-51-32-39-60-58(37-30-50-33-40-61(59)68(51)67(50)60)63-41-35-55(45-69-63)71(53-24-12-4-13-25-53)65-29-17-16-28-57(65)48-20-8-2-9-21-48/h1-46H. The molecule has 0 aliphatic rings. The van der Waals surface area contributed by atoms with Crippen molar-refractivity contribution < 1.29 is 0 Å². The normalized spacial score (nSPS) is 11.3. The van der Waals surface area contributed by atoms with Crippen molar-refractivity contribution in [1.82, 2.24) is 9.97 Å². The van der Waals surface area contributed by atoms with Gasteiger partial charge in [-0.15, -0.1) is 0 Å². The minimum atomic E-state index is 0.918. The zero-order valence-electron chi connectivity index (χ0n) is 39.3. The number of anilines is 6. The van der Waals surface area contributed by atoms with Gasteiger partial charge in [-0.1, -0.05) is 200 Å². The van der Waals surface area contributed by atoms with Crippen LogP contribution in [0.25, 0.3) is 88.2 Å². The number of hydrogen-bond donors (Lipinski definition) is 0. The predicted molar refractivity (Wildman–Crippen MR) is 302 cm³/mol. The summed E-state index contributed by atoms with van der Waals surface area (Å²) in [7, 11) is 0. The summed E-state index contributed by atoms with van der Waals surface area (Å²) < 4.78 is 0. The molecule has 0 amide bonds. The Hall–Kier alpha value is -9.64. The van der Waals surface area contributed by atoms with Crippen LogP contribution in [0.3, 0.4) is 0 Å². The summed E-state index contributed by atoms with van der Waals surface area (Å²) in [4.78, 5) is 15.1. The van der Waals surface area contributed by atoms with Gasteiger partial charge in [-0.05, 0) is 121 Å². The van der Waals surface area contributed by atoms with Crippen LogP contribution in [0, 0.1) is 0 Å². The number of benzene rings is 11. The highest BCUT2D eigenvalue weighted by molar-refractivity contribution is 6.27. The second kappa shape index (κ2) is 18.4. The van der Waals surface area contributed by atoms with Crippen LogP contribution in [-0.2, 0) is 0 Å². The first kappa shape index (κ1) is 42.5. The van der Waals surface area contributed by atoms with Crippen LogP contribution in [0.2, 0.25) is 0 Å². The lowest BCUT2D eigenvalue weighted by Crippen LogP contribution is -2.11. The van der Waals surface area contributed by atoms with Crippen molar-refractivity contribution in [2.24, 2.45) is 0 Å². The Morgan fingerprint density at radius 2 is 0.667 bits per heavy atom. The average molecular weight is 919 g/mol. The summed E-state index contributed by atoms with van der Waals surface area (Å²) in [5, 5.41) is 7.20. The van der Waals surface area contributed by atoms with Gasteiger partial charge in [0, 0.05) is 33.6 Å². The second-order valence-corrected chi connectivity index (χ2v) is 18.1. The number of hydrogen-bond acceptors (Lipinski definition) is 4. The van der Waals surface area contributed by atoms with Gasteiger partial charge in [0.1, 0.15) is 0 Å². The van der Waals surface area contributed by atoms with Gasteiger partial charge in [0.15, 0.2) is 0 Å². The fraction of sp³-hybridized carbons (Fsp3) is 0. The molecular formula is C68H46N4. The summed E-state index contributed by atoms with van der Waals surface area (Å²) in [5.74, 6) is 0. The van der Waals surface area contributed by atoms with Gasteiger partial charge in [0.25, 0.3) is 0 Å². The maximum absolute atomic E-state index is 5.27. The number of pyridine rings is 2. The van der Waals surface area contributed by atoms with Crippen molar-refractivity contribution in [3.8, 4) is 55.9 Å². The lowest BCUT2D eigenvalue weighted by atomic mass is 9.88. The van der Waals surface area contributed by atoms with Crippen molar-refractivity contribution in [1.29, 1.82) is 0 Å². The van der Waals surface area contributed by atoms with Crippen molar-refractivity contribution in [2.45, 2.75) is 0 Å². The number of nitrogens with zero attached hydrogens (tertiary/aromatic N) is 4. The molecule has 13 rings (SSSR count). The summed E-state index contributed by atoms with van der Waals surface area (Å²) in [6.07, 6.45) is 4.03. The summed E-state index contributed by atoms with van der Waals surface area (Å²) in [6.45, 7) is 0. The lowest BCUT2D eigenvalue weighted by molar-refractivity contribution is 1.23. The van der Waals surface area contributed by atoms with Gasteiger partial charge in [-0.25, -0.2) is 0 Å². The molecule has 13 aromatic rings. The van der Waals surface area contributed by atoms with E-state index in [1.807, 2.05) is 12.4 Å². The SMILES string of the molecule is c1ccc(-c2ccc(N(c3ccccc3)c3ccc(-c4ccc5ccc6c(-c7ccc(N(c8ccccc8)c8ccccc8-c8ccccc8)cn7)ccc7ccc4c5c76)nc3)c(-c3ccccc3)c2)cc1. The molecule has 4 heteroatoms. The topological polar surface area (TPSA) is 32.3 Å². The molecule has 0 saturated heterocycles. The summed E-state index contributed by atoms with van der Waals surface area (Å²) >= 11 is 0. The molecule has 2 heterocycles. The van der Waals surface area contributed by atoms with Crippen LogP contribution in [0.5, 0.6) is 0 Å². The minimum absolute atomic E-state index is 0.918. The van der Waals surface area contributed by atoms with Gasteiger partial charge in [0.05, 0.1) is 46.5 Å². The van der Waals surface area contributed by atoms with Crippen LogP contribution in [0.4, 0.5) is 34.1 Å². The third kappa shape index (κ3) is 7.68. The molecule has 0 aliphatic carbocycles. The van der Waals surface area contributed by atoms with Crippen LogP contribution < -0.4 is 9.80 Å². The average Bonchev–Trinajstić information content (AvgIpc) is 3.46. The van der Waals surface area contributed by atoms with Crippen molar-refractivity contribution in [2.75, 3.05) is 9.80 Å². The number of rotatable bonds is 11. The van der Waals surface area contributed by atoms with Gasteiger partial charge in [0.2, 0.25) is 0 Å². The largest absolute Gasteiger partial charge is 0.308 e. The molecular weight excluding hydrogens is 873 g/mol. The molecule has 4 nitrogen and oxygen atoms in total. The molecule has 0 atom stereocenters. The fourth-order valence-electron chi connectivity index (χ4n) is 10.5. The lowest BCUT2D eigenvalue weighted by Gasteiger charge is -2.28. The van der Waals surface area contributed by atoms with E-state index in [-0.39, 0.29) is 0 Å². The molecule has 0 saturated carbocycles. The Morgan fingerprint density at radius 1 is 0.250 bits per heavy atom. The third-order valence-electron chi connectivity index (χ3n) is 13.9. The van der Waals surface area contributed by atoms with Crippen LogP contribution in [-0.4, -0.2) is 9.97 Å². The van der Waals surface area contributed by atoms with Gasteiger partial charge in [-0.2, -0.15) is 0 Å². The highest BCUT2D eigenvalue weighted by Crippen LogP contribution is 2.46. The zero-order valence-corrected chi connectivity index (χ0v) is 39.3. The van der Waals surface area contributed by atoms with E-state index in [0.29, 0.717) is 0 Å². The highest BCUT2D eigenvalue weighted by Gasteiger charge is 2.22. The quantitative estimate of drug-likeness (QED) is 0.121. The summed E-state index contributed by atoms with van der Waals surface area (Å²) in [5.41, 5.74) is 17.2. The van der Waals surface area contributed by atoms with E-state index in [1.54, 1.807) is 0 Å². The van der Waals surface area contributed by atoms with E-state index in [0.717, 1.165) is 78.9 Å². The molecule has 11 aromatic carbocycles. The molecule has 0 fully saturated rings. The Morgan fingerprint density at radius 3 is 1.15 bits per heavy atom. The maximum atomic E-state index is 5.27. The molecule has 2 aromatic heterocycles. The number of para-hydroxylation sites is 3. The van der Waals surface area contributed by atoms with Gasteiger partial charge in [-0.3, -0.25) is 9.97 Å². The number of aromatic nitrogens is 2. The van der Waals surface area contributed by atoms with E-state index < -0.39 is 0 Å². The summed E-state index contributed by atoms with van der Waals surface area (Å²) in [6, 6.07) is 95.1. The Bertz CT molecular complexity index is 3990. The highest BCUT2D eigenvalue weighted by atomic mass is 15.2. The molecule has 0 bridgehead atoms. The molecule has 0 aliphatic heterocycles. The zero-order chi connectivity index (χ0) is 47.8.